The summed E-state index contributed by atoms with van der Waals surface area (Å²) in [5.74, 6) is 0. The highest BCUT2D eigenvalue weighted by Gasteiger charge is 2.05. The lowest BCUT2D eigenvalue weighted by Gasteiger charge is -1.99. The van der Waals surface area contributed by atoms with E-state index < -0.39 is 0 Å². The van der Waals surface area contributed by atoms with Gasteiger partial charge in [-0.3, -0.25) is 4.68 Å². The molecule has 1 heterocycles. The Morgan fingerprint density at radius 2 is 2.14 bits per heavy atom. The molecule has 0 fully saturated rings. The molecule has 1 aromatic heterocycles. The maximum atomic E-state index is 5.52. The van der Waals surface area contributed by atoms with Gasteiger partial charge >= 0.3 is 0 Å². The van der Waals surface area contributed by atoms with E-state index in [1.165, 1.54) is 16.6 Å². The molecule has 14 heavy (non-hydrogen) atoms. The van der Waals surface area contributed by atoms with Crippen molar-refractivity contribution in [3.63, 3.8) is 0 Å². The van der Waals surface area contributed by atoms with Gasteiger partial charge in [-0.15, -0.1) is 0 Å². The van der Waals surface area contributed by atoms with Crippen LogP contribution in [0.5, 0.6) is 0 Å². The molecule has 0 spiro atoms. The molecule has 3 heteroatoms. The van der Waals surface area contributed by atoms with Crippen LogP contribution in [0.4, 0.5) is 0 Å². The highest BCUT2D eigenvalue weighted by atomic mass is 15.3. The first-order valence-corrected chi connectivity index (χ1v) is 4.86. The second kappa shape index (κ2) is 3.42. The summed E-state index contributed by atoms with van der Waals surface area (Å²) in [5.41, 5.74) is 9.03. The van der Waals surface area contributed by atoms with Crippen LogP contribution in [0, 0.1) is 13.8 Å². The zero-order valence-electron chi connectivity index (χ0n) is 8.62. The van der Waals surface area contributed by atoms with E-state index in [0.717, 1.165) is 12.1 Å². The van der Waals surface area contributed by atoms with Crippen LogP contribution < -0.4 is 5.73 Å². The molecule has 0 saturated carbocycles. The first-order valence-electron chi connectivity index (χ1n) is 4.86. The lowest BCUT2D eigenvalue weighted by Crippen LogP contribution is -2.11. The lowest BCUT2D eigenvalue weighted by molar-refractivity contribution is 0.614. The Balaban J connectivity index is 2.61. The van der Waals surface area contributed by atoms with Gasteiger partial charge in [0.05, 0.1) is 12.1 Å². The van der Waals surface area contributed by atoms with Crippen LogP contribution in [0.15, 0.2) is 18.2 Å². The number of rotatable bonds is 2. The predicted octanol–water partition coefficient (Wildman–Crippen LogP) is 1.61. The molecule has 1 aromatic carbocycles. The van der Waals surface area contributed by atoms with Gasteiger partial charge in [0.1, 0.15) is 0 Å². The fourth-order valence-corrected chi connectivity index (χ4v) is 1.71. The molecular formula is C11H15N3. The van der Waals surface area contributed by atoms with Crippen molar-refractivity contribution in [2.45, 2.75) is 20.4 Å². The Morgan fingerprint density at radius 3 is 2.86 bits per heavy atom. The molecule has 3 nitrogen and oxygen atoms in total. The summed E-state index contributed by atoms with van der Waals surface area (Å²) >= 11 is 0. The number of hydrogen-bond acceptors (Lipinski definition) is 2. The second-order valence-corrected chi connectivity index (χ2v) is 3.62. The van der Waals surface area contributed by atoms with Gasteiger partial charge in [0, 0.05) is 17.6 Å². The highest BCUT2D eigenvalue weighted by molar-refractivity contribution is 5.81. The van der Waals surface area contributed by atoms with Crippen molar-refractivity contribution in [2.24, 2.45) is 5.73 Å². The summed E-state index contributed by atoms with van der Waals surface area (Å²) in [7, 11) is 0. The minimum Gasteiger partial charge on any atom is -0.329 e. The molecule has 2 rings (SSSR count). The van der Waals surface area contributed by atoms with Crippen molar-refractivity contribution in [1.82, 2.24) is 9.78 Å². The van der Waals surface area contributed by atoms with Crippen molar-refractivity contribution < 1.29 is 0 Å². The summed E-state index contributed by atoms with van der Waals surface area (Å²) in [6.45, 7) is 5.59. The third-order valence-corrected chi connectivity index (χ3v) is 2.50. The van der Waals surface area contributed by atoms with Gasteiger partial charge in [-0.05, 0) is 25.5 Å². The summed E-state index contributed by atoms with van der Waals surface area (Å²) in [5, 5.41) is 5.73. The predicted molar refractivity (Wildman–Crippen MR) is 58.3 cm³/mol. The van der Waals surface area contributed by atoms with Gasteiger partial charge in [0.25, 0.3) is 0 Å². The molecule has 0 atom stereocenters. The largest absolute Gasteiger partial charge is 0.329 e. The number of aryl methyl sites for hydroxylation is 2. The summed E-state index contributed by atoms with van der Waals surface area (Å²) < 4.78 is 1.98. The standard InChI is InChI=1S/C11H15N3/c1-8-3-4-10-9(2)14(6-5-12)13-11(10)7-8/h3-4,7H,5-6,12H2,1-2H3. The topological polar surface area (TPSA) is 43.8 Å². The van der Waals surface area contributed by atoms with E-state index in [1.54, 1.807) is 0 Å². The van der Waals surface area contributed by atoms with Crippen LogP contribution in [-0.4, -0.2) is 16.3 Å². The average molecular weight is 189 g/mol. The monoisotopic (exact) mass is 189 g/mol. The Kier molecular flexibility index (Phi) is 2.25. The van der Waals surface area contributed by atoms with Crippen LogP contribution in [0.1, 0.15) is 11.3 Å². The zero-order valence-corrected chi connectivity index (χ0v) is 8.62. The fraction of sp³-hybridized carbons (Fsp3) is 0.364. The third-order valence-electron chi connectivity index (χ3n) is 2.50. The van der Waals surface area contributed by atoms with Crippen LogP contribution >= 0.6 is 0 Å². The Morgan fingerprint density at radius 1 is 1.36 bits per heavy atom. The third kappa shape index (κ3) is 1.40. The summed E-state index contributed by atoms with van der Waals surface area (Å²) in [6.07, 6.45) is 0. The maximum Gasteiger partial charge on any atom is 0.0928 e. The SMILES string of the molecule is Cc1ccc2c(C)n(CCN)nc2c1. The molecule has 2 N–H and O–H groups in total. The van der Waals surface area contributed by atoms with Crippen molar-refractivity contribution in [3.8, 4) is 0 Å². The Hall–Kier alpha value is -1.35. The minimum absolute atomic E-state index is 0.633. The quantitative estimate of drug-likeness (QED) is 0.780. The highest BCUT2D eigenvalue weighted by Crippen LogP contribution is 2.18. The van der Waals surface area contributed by atoms with Gasteiger partial charge in [0.15, 0.2) is 0 Å². The van der Waals surface area contributed by atoms with Crippen molar-refractivity contribution in [2.75, 3.05) is 6.54 Å². The van der Waals surface area contributed by atoms with E-state index in [1.807, 2.05) is 4.68 Å². The van der Waals surface area contributed by atoms with Gasteiger partial charge in [0.2, 0.25) is 0 Å². The van der Waals surface area contributed by atoms with Gasteiger partial charge in [-0.2, -0.15) is 5.10 Å². The van der Waals surface area contributed by atoms with Crippen LogP contribution in [0.25, 0.3) is 10.9 Å². The molecule has 74 valence electrons. The Bertz CT molecular complexity index is 457. The Labute approximate surface area is 83.5 Å². The van der Waals surface area contributed by atoms with Gasteiger partial charge < -0.3 is 5.73 Å². The molecule has 0 aliphatic heterocycles. The lowest BCUT2D eigenvalue weighted by atomic mass is 10.1. The zero-order chi connectivity index (χ0) is 10.1. The molecule has 0 amide bonds. The number of nitrogens with zero attached hydrogens (tertiary/aromatic N) is 2. The molecule has 0 saturated heterocycles. The number of hydrogen-bond donors (Lipinski definition) is 1. The van der Waals surface area contributed by atoms with E-state index in [-0.39, 0.29) is 0 Å². The number of nitrogens with two attached hydrogens (primary N) is 1. The van der Waals surface area contributed by atoms with Crippen LogP contribution in [0.2, 0.25) is 0 Å². The first-order chi connectivity index (χ1) is 6.72. The van der Waals surface area contributed by atoms with Gasteiger partial charge in [-0.1, -0.05) is 12.1 Å². The minimum atomic E-state index is 0.633. The van der Waals surface area contributed by atoms with E-state index in [2.05, 4.69) is 37.1 Å². The number of benzene rings is 1. The molecule has 2 aromatic rings. The molecule has 0 aliphatic rings. The van der Waals surface area contributed by atoms with Crippen molar-refractivity contribution in [1.29, 1.82) is 0 Å². The van der Waals surface area contributed by atoms with E-state index >= 15 is 0 Å². The fourth-order valence-electron chi connectivity index (χ4n) is 1.71. The summed E-state index contributed by atoms with van der Waals surface area (Å²) in [6, 6.07) is 6.35. The maximum absolute atomic E-state index is 5.52. The van der Waals surface area contributed by atoms with E-state index in [0.29, 0.717) is 6.54 Å². The normalized spacial score (nSPS) is 11.1. The van der Waals surface area contributed by atoms with Crippen molar-refractivity contribution >= 4 is 10.9 Å². The second-order valence-electron chi connectivity index (χ2n) is 3.62. The number of aromatic nitrogens is 2. The molecule has 0 aliphatic carbocycles. The molecule has 0 unspecified atom stereocenters. The van der Waals surface area contributed by atoms with E-state index in [9.17, 15) is 0 Å². The van der Waals surface area contributed by atoms with E-state index in [4.69, 9.17) is 5.73 Å². The first kappa shape index (κ1) is 9.21. The molecule has 0 radical (unpaired) electrons. The average Bonchev–Trinajstić information content (AvgIpc) is 2.44. The van der Waals surface area contributed by atoms with Crippen LogP contribution in [-0.2, 0) is 6.54 Å². The number of fused-ring (bicyclic) bond motifs is 1. The molecular weight excluding hydrogens is 174 g/mol. The van der Waals surface area contributed by atoms with Crippen LogP contribution in [0.3, 0.4) is 0 Å². The van der Waals surface area contributed by atoms with Crippen molar-refractivity contribution in [3.05, 3.63) is 29.5 Å². The summed E-state index contributed by atoms with van der Waals surface area (Å²) in [4.78, 5) is 0. The van der Waals surface area contributed by atoms with Gasteiger partial charge in [-0.25, -0.2) is 0 Å². The molecule has 0 bridgehead atoms. The smallest absolute Gasteiger partial charge is 0.0928 e.